The van der Waals surface area contributed by atoms with Crippen LogP contribution in [0.15, 0.2) is 85.1 Å². The number of aryl methyl sites for hydroxylation is 1. The SMILES string of the molecule is Cc1cc(C(=O)NCC(F)(F)F)ccc1Nc1nc2ccc(-c3ccc(NC(=O)Cc4ccc(F)cc4)cc3)cn2n1. The van der Waals surface area contributed by atoms with E-state index in [0.717, 1.165) is 11.1 Å². The second-order valence-corrected chi connectivity index (χ2v) is 9.54. The van der Waals surface area contributed by atoms with E-state index < -0.39 is 18.6 Å². The van der Waals surface area contributed by atoms with Crippen LogP contribution in [0, 0.1) is 12.7 Å². The van der Waals surface area contributed by atoms with Gasteiger partial charge in [0.25, 0.3) is 5.91 Å². The highest BCUT2D eigenvalue weighted by atomic mass is 19.4. The van der Waals surface area contributed by atoms with Gasteiger partial charge in [0, 0.05) is 28.7 Å². The first-order valence-corrected chi connectivity index (χ1v) is 12.8. The van der Waals surface area contributed by atoms with Crippen LogP contribution in [-0.4, -0.2) is 39.1 Å². The molecule has 5 aromatic rings. The number of anilines is 3. The summed E-state index contributed by atoms with van der Waals surface area (Å²) >= 11 is 0. The molecule has 0 saturated heterocycles. The fourth-order valence-corrected chi connectivity index (χ4v) is 4.19. The zero-order valence-electron chi connectivity index (χ0n) is 22.2. The second kappa shape index (κ2) is 11.7. The van der Waals surface area contributed by atoms with Gasteiger partial charge in [-0.1, -0.05) is 24.3 Å². The molecule has 0 saturated carbocycles. The van der Waals surface area contributed by atoms with Gasteiger partial charge in [0.2, 0.25) is 11.9 Å². The maximum atomic E-state index is 13.1. The van der Waals surface area contributed by atoms with Gasteiger partial charge in [-0.3, -0.25) is 9.59 Å². The van der Waals surface area contributed by atoms with Crippen molar-refractivity contribution >= 4 is 34.8 Å². The molecule has 0 fully saturated rings. The number of nitrogens with zero attached hydrogens (tertiary/aromatic N) is 3. The Morgan fingerprint density at radius 3 is 2.31 bits per heavy atom. The molecular formula is C30H24F4N6O2. The molecule has 0 aliphatic rings. The van der Waals surface area contributed by atoms with Crippen LogP contribution in [0.1, 0.15) is 21.5 Å². The predicted molar refractivity (Wildman–Crippen MR) is 150 cm³/mol. The highest BCUT2D eigenvalue weighted by molar-refractivity contribution is 5.95. The minimum absolute atomic E-state index is 0.105. The van der Waals surface area contributed by atoms with E-state index in [1.165, 1.54) is 24.3 Å². The molecule has 2 amide bonds. The smallest absolute Gasteiger partial charge is 0.343 e. The third-order valence-corrected chi connectivity index (χ3v) is 6.30. The summed E-state index contributed by atoms with van der Waals surface area (Å²) in [4.78, 5) is 28.8. The van der Waals surface area contributed by atoms with Crippen molar-refractivity contribution in [2.45, 2.75) is 19.5 Å². The van der Waals surface area contributed by atoms with Crippen molar-refractivity contribution in [3.8, 4) is 11.1 Å². The molecule has 5 rings (SSSR count). The number of nitrogens with one attached hydrogen (secondary N) is 3. The van der Waals surface area contributed by atoms with E-state index in [1.54, 1.807) is 54.0 Å². The van der Waals surface area contributed by atoms with Gasteiger partial charge < -0.3 is 16.0 Å². The fraction of sp³-hybridized carbons (Fsp3) is 0.133. The van der Waals surface area contributed by atoms with Gasteiger partial charge in [-0.2, -0.15) is 18.2 Å². The van der Waals surface area contributed by atoms with Gasteiger partial charge in [-0.25, -0.2) is 8.91 Å². The van der Waals surface area contributed by atoms with E-state index in [9.17, 15) is 27.2 Å². The standard InChI is InChI=1S/C30H24F4N6O2/c1-18-14-21(28(42)35-17-30(32,33)34)6-12-25(18)37-29-38-26-13-7-22(16-40(26)39-29)20-4-10-24(11-5-20)36-27(41)15-19-2-8-23(31)9-3-19/h2-14,16H,15,17H2,1H3,(H,35,42)(H,36,41)(H,37,39). The number of pyridine rings is 1. The summed E-state index contributed by atoms with van der Waals surface area (Å²) in [5.41, 5.74) is 4.97. The Hall–Kier alpha value is -5.26. The monoisotopic (exact) mass is 576 g/mol. The summed E-state index contributed by atoms with van der Waals surface area (Å²) in [6.07, 6.45) is -2.56. The molecule has 0 bridgehead atoms. The number of carbonyl (C=O) groups excluding carboxylic acids is 2. The Balaban J connectivity index is 1.23. The first-order valence-electron chi connectivity index (χ1n) is 12.8. The normalized spacial score (nSPS) is 11.4. The van der Waals surface area contributed by atoms with Gasteiger partial charge in [-0.15, -0.1) is 5.10 Å². The van der Waals surface area contributed by atoms with Gasteiger partial charge in [-0.05, 0) is 78.2 Å². The van der Waals surface area contributed by atoms with Crippen molar-refractivity contribution in [2.75, 3.05) is 17.2 Å². The number of rotatable bonds is 8. The molecule has 3 N–H and O–H groups in total. The summed E-state index contributed by atoms with van der Waals surface area (Å²) in [5.74, 6) is -1.09. The largest absolute Gasteiger partial charge is 0.405 e. The molecule has 0 radical (unpaired) electrons. The average Bonchev–Trinajstić information content (AvgIpc) is 3.36. The number of fused-ring (bicyclic) bond motifs is 1. The van der Waals surface area contributed by atoms with Crippen molar-refractivity contribution in [1.29, 1.82) is 0 Å². The summed E-state index contributed by atoms with van der Waals surface area (Å²) in [7, 11) is 0. The van der Waals surface area contributed by atoms with E-state index in [0.29, 0.717) is 34.1 Å². The fourth-order valence-electron chi connectivity index (χ4n) is 4.19. The van der Waals surface area contributed by atoms with Crippen LogP contribution in [-0.2, 0) is 11.2 Å². The lowest BCUT2D eigenvalue weighted by Crippen LogP contribution is -2.33. The number of aromatic nitrogens is 3. The minimum Gasteiger partial charge on any atom is -0.343 e. The van der Waals surface area contributed by atoms with Gasteiger partial charge in [0.15, 0.2) is 5.65 Å². The number of hydrogen-bond donors (Lipinski definition) is 3. The Bertz CT molecular complexity index is 1750. The quantitative estimate of drug-likeness (QED) is 0.195. The summed E-state index contributed by atoms with van der Waals surface area (Å²) in [6, 6.07) is 21.2. The van der Waals surface area contributed by atoms with Crippen LogP contribution in [0.2, 0.25) is 0 Å². The predicted octanol–water partition coefficient (Wildman–Crippen LogP) is 6.06. The molecule has 12 heteroatoms. The van der Waals surface area contributed by atoms with Crippen molar-refractivity contribution < 1.29 is 27.2 Å². The number of carbonyl (C=O) groups is 2. The van der Waals surface area contributed by atoms with E-state index >= 15 is 0 Å². The van der Waals surface area contributed by atoms with Crippen LogP contribution >= 0.6 is 0 Å². The Morgan fingerprint density at radius 2 is 1.62 bits per heavy atom. The second-order valence-electron chi connectivity index (χ2n) is 9.54. The molecule has 0 spiro atoms. The maximum absolute atomic E-state index is 13.1. The van der Waals surface area contributed by atoms with Crippen molar-refractivity contribution in [3.63, 3.8) is 0 Å². The summed E-state index contributed by atoms with van der Waals surface area (Å²) in [6.45, 7) is 0.309. The van der Waals surface area contributed by atoms with Crippen molar-refractivity contribution in [1.82, 2.24) is 19.9 Å². The minimum atomic E-state index is -4.49. The lowest BCUT2D eigenvalue weighted by molar-refractivity contribution is -0.123. The van der Waals surface area contributed by atoms with Crippen LogP contribution in [0.3, 0.4) is 0 Å². The molecule has 2 aromatic heterocycles. The number of hydrogen-bond acceptors (Lipinski definition) is 5. The summed E-state index contributed by atoms with van der Waals surface area (Å²) in [5, 5.41) is 12.2. The highest BCUT2D eigenvalue weighted by Gasteiger charge is 2.28. The third kappa shape index (κ3) is 7.08. The maximum Gasteiger partial charge on any atom is 0.405 e. The van der Waals surface area contributed by atoms with Gasteiger partial charge in [0.05, 0.1) is 6.42 Å². The van der Waals surface area contributed by atoms with Crippen molar-refractivity contribution in [2.24, 2.45) is 0 Å². The average molecular weight is 577 g/mol. The zero-order valence-corrected chi connectivity index (χ0v) is 22.2. The van der Waals surface area contributed by atoms with Crippen LogP contribution in [0.4, 0.5) is 34.9 Å². The molecule has 0 unspecified atom stereocenters. The van der Waals surface area contributed by atoms with E-state index in [2.05, 4.69) is 20.7 Å². The molecule has 3 aromatic carbocycles. The number of halogens is 4. The molecule has 214 valence electrons. The lowest BCUT2D eigenvalue weighted by Gasteiger charge is -2.10. The topological polar surface area (TPSA) is 100 Å². The Morgan fingerprint density at radius 1 is 0.905 bits per heavy atom. The van der Waals surface area contributed by atoms with Gasteiger partial charge in [0.1, 0.15) is 12.4 Å². The number of amides is 2. The van der Waals surface area contributed by atoms with Gasteiger partial charge >= 0.3 is 6.18 Å². The Kier molecular flexibility index (Phi) is 7.87. The molecule has 0 atom stereocenters. The summed E-state index contributed by atoms with van der Waals surface area (Å²) < 4.78 is 51.8. The van der Waals surface area contributed by atoms with Crippen molar-refractivity contribution in [3.05, 3.63) is 108 Å². The third-order valence-electron chi connectivity index (χ3n) is 6.30. The first-order chi connectivity index (χ1) is 20.0. The molecular weight excluding hydrogens is 552 g/mol. The number of benzene rings is 3. The molecule has 8 nitrogen and oxygen atoms in total. The van der Waals surface area contributed by atoms with E-state index in [1.807, 2.05) is 23.5 Å². The Labute approximate surface area is 237 Å². The highest BCUT2D eigenvalue weighted by Crippen LogP contribution is 2.24. The molecule has 42 heavy (non-hydrogen) atoms. The van der Waals surface area contributed by atoms with Crippen LogP contribution in [0.25, 0.3) is 16.8 Å². The van der Waals surface area contributed by atoms with Crippen LogP contribution < -0.4 is 16.0 Å². The molecule has 0 aliphatic carbocycles. The number of alkyl halides is 3. The first kappa shape index (κ1) is 28.3. The van der Waals surface area contributed by atoms with E-state index in [-0.39, 0.29) is 23.7 Å². The van der Waals surface area contributed by atoms with E-state index in [4.69, 9.17) is 0 Å². The molecule has 2 heterocycles. The van der Waals surface area contributed by atoms with Crippen LogP contribution in [0.5, 0.6) is 0 Å². The lowest BCUT2D eigenvalue weighted by atomic mass is 10.1. The zero-order chi connectivity index (χ0) is 29.9. The molecule has 0 aliphatic heterocycles.